The third-order valence-corrected chi connectivity index (χ3v) is 4.59. The van der Waals surface area contributed by atoms with Gasteiger partial charge < -0.3 is 14.5 Å². The van der Waals surface area contributed by atoms with E-state index in [2.05, 4.69) is 17.0 Å². The van der Waals surface area contributed by atoms with Crippen molar-refractivity contribution in [1.29, 1.82) is 5.26 Å². The first-order valence-electron chi connectivity index (χ1n) is 8.89. The molecule has 2 aromatic rings. The van der Waals surface area contributed by atoms with Crippen LogP contribution in [0.25, 0.3) is 0 Å². The number of hydrogen-bond acceptors (Lipinski definition) is 5. The van der Waals surface area contributed by atoms with Gasteiger partial charge in [-0.25, -0.2) is 4.79 Å². The van der Waals surface area contributed by atoms with Gasteiger partial charge in [0, 0.05) is 31.9 Å². The molecular formula is C21H21N3O3. The SMILES string of the molecule is N#CCc1ccccc1C(=O)OCC(=O)N1CCN(c2ccccc2)CC1. The van der Waals surface area contributed by atoms with Crippen LogP contribution < -0.4 is 4.90 Å². The Kier molecular flexibility index (Phi) is 6.06. The van der Waals surface area contributed by atoms with Crippen LogP contribution in [0.5, 0.6) is 0 Å². The zero-order chi connectivity index (χ0) is 19.1. The van der Waals surface area contributed by atoms with Crippen LogP contribution in [-0.4, -0.2) is 49.6 Å². The number of benzene rings is 2. The number of piperazine rings is 1. The second-order valence-electron chi connectivity index (χ2n) is 6.27. The van der Waals surface area contributed by atoms with E-state index in [0.717, 1.165) is 18.8 Å². The van der Waals surface area contributed by atoms with Crippen LogP contribution >= 0.6 is 0 Å². The smallest absolute Gasteiger partial charge is 0.338 e. The lowest BCUT2D eigenvalue weighted by Crippen LogP contribution is -2.49. The molecule has 138 valence electrons. The van der Waals surface area contributed by atoms with E-state index in [1.807, 2.05) is 24.3 Å². The van der Waals surface area contributed by atoms with E-state index in [9.17, 15) is 9.59 Å². The van der Waals surface area contributed by atoms with Crippen molar-refractivity contribution in [2.24, 2.45) is 0 Å². The second-order valence-corrected chi connectivity index (χ2v) is 6.27. The van der Waals surface area contributed by atoms with E-state index >= 15 is 0 Å². The van der Waals surface area contributed by atoms with E-state index in [4.69, 9.17) is 10.00 Å². The topological polar surface area (TPSA) is 73.6 Å². The number of carbonyl (C=O) groups is 2. The molecule has 3 rings (SSSR count). The van der Waals surface area contributed by atoms with Crippen molar-refractivity contribution in [3.63, 3.8) is 0 Å². The Hall–Kier alpha value is -3.33. The van der Waals surface area contributed by atoms with Crippen LogP contribution in [0.3, 0.4) is 0 Å². The summed E-state index contributed by atoms with van der Waals surface area (Å²) in [5.41, 5.74) is 2.08. The van der Waals surface area contributed by atoms with Crippen molar-refractivity contribution < 1.29 is 14.3 Å². The number of nitriles is 1. The largest absolute Gasteiger partial charge is 0.452 e. The highest BCUT2D eigenvalue weighted by atomic mass is 16.5. The van der Waals surface area contributed by atoms with E-state index in [1.165, 1.54) is 0 Å². The zero-order valence-electron chi connectivity index (χ0n) is 15.0. The number of para-hydroxylation sites is 1. The Balaban J connectivity index is 1.50. The van der Waals surface area contributed by atoms with Crippen molar-refractivity contribution in [1.82, 2.24) is 4.90 Å². The standard InChI is InChI=1S/C21H21N3O3/c22-11-10-17-6-4-5-9-19(17)21(26)27-16-20(25)24-14-12-23(13-15-24)18-7-2-1-3-8-18/h1-9H,10,12-16H2. The molecule has 0 atom stereocenters. The third kappa shape index (κ3) is 4.64. The summed E-state index contributed by atoms with van der Waals surface area (Å²) >= 11 is 0. The van der Waals surface area contributed by atoms with Crippen molar-refractivity contribution in [3.8, 4) is 6.07 Å². The maximum absolute atomic E-state index is 12.4. The van der Waals surface area contributed by atoms with E-state index in [1.54, 1.807) is 29.2 Å². The molecule has 2 aromatic carbocycles. The molecule has 0 spiro atoms. The van der Waals surface area contributed by atoms with Gasteiger partial charge in [0.15, 0.2) is 6.61 Å². The Bertz CT molecular complexity index is 837. The average molecular weight is 363 g/mol. The van der Waals surface area contributed by atoms with Crippen LogP contribution in [-0.2, 0) is 16.0 Å². The molecule has 0 saturated carbocycles. The molecule has 1 heterocycles. The van der Waals surface area contributed by atoms with Gasteiger partial charge in [0.05, 0.1) is 18.1 Å². The molecule has 6 heteroatoms. The lowest BCUT2D eigenvalue weighted by Gasteiger charge is -2.36. The van der Waals surface area contributed by atoms with Gasteiger partial charge in [-0.3, -0.25) is 4.79 Å². The molecule has 0 unspecified atom stereocenters. The molecule has 0 N–H and O–H groups in total. The first kappa shape index (κ1) is 18.5. The highest BCUT2D eigenvalue weighted by Gasteiger charge is 2.22. The first-order valence-corrected chi connectivity index (χ1v) is 8.89. The van der Waals surface area contributed by atoms with Crippen molar-refractivity contribution in [2.75, 3.05) is 37.7 Å². The van der Waals surface area contributed by atoms with Gasteiger partial charge in [0.1, 0.15) is 0 Å². The number of nitrogens with zero attached hydrogens (tertiary/aromatic N) is 3. The lowest BCUT2D eigenvalue weighted by molar-refractivity contribution is -0.134. The third-order valence-electron chi connectivity index (χ3n) is 4.59. The Morgan fingerprint density at radius 3 is 2.33 bits per heavy atom. The van der Waals surface area contributed by atoms with Crippen molar-refractivity contribution in [3.05, 3.63) is 65.7 Å². The zero-order valence-corrected chi connectivity index (χ0v) is 15.0. The highest BCUT2D eigenvalue weighted by Crippen LogP contribution is 2.16. The fourth-order valence-electron chi connectivity index (χ4n) is 3.11. The minimum Gasteiger partial charge on any atom is -0.452 e. The molecule has 0 bridgehead atoms. The predicted octanol–water partition coefficient (Wildman–Crippen LogP) is 2.26. The summed E-state index contributed by atoms with van der Waals surface area (Å²) in [5.74, 6) is -0.772. The Morgan fingerprint density at radius 2 is 1.63 bits per heavy atom. The number of ether oxygens (including phenoxy) is 1. The predicted molar refractivity (Wildman–Crippen MR) is 101 cm³/mol. The number of rotatable bonds is 5. The summed E-state index contributed by atoms with van der Waals surface area (Å²) < 4.78 is 5.19. The van der Waals surface area contributed by atoms with Gasteiger partial charge >= 0.3 is 5.97 Å². The van der Waals surface area contributed by atoms with Gasteiger partial charge in [-0.05, 0) is 23.8 Å². The molecule has 1 saturated heterocycles. The molecule has 1 aliphatic heterocycles. The minimum atomic E-state index is -0.572. The van der Waals surface area contributed by atoms with Crippen LogP contribution in [0.15, 0.2) is 54.6 Å². The lowest BCUT2D eigenvalue weighted by atomic mass is 10.1. The van der Waals surface area contributed by atoms with E-state index in [0.29, 0.717) is 24.2 Å². The Morgan fingerprint density at radius 1 is 0.963 bits per heavy atom. The number of anilines is 1. The van der Waals surface area contributed by atoms with Gasteiger partial charge in [-0.15, -0.1) is 0 Å². The van der Waals surface area contributed by atoms with Crippen LogP contribution in [0, 0.1) is 11.3 Å². The summed E-state index contributed by atoms with van der Waals surface area (Å²) in [5, 5.41) is 8.85. The number of amides is 1. The minimum absolute atomic E-state index is 0.126. The van der Waals surface area contributed by atoms with Crippen molar-refractivity contribution in [2.45, 2.75) is 6.42 Å². The summed E-state index contributed by atoms with van der Waals surface area (Å²) in [6, 6.07) is 18.9. The maximum atomic E-state index is 12.4. The monoisotopic (exact) mass is 363 g/mol. The summed E-state index contributed by atoms with van der Waals surface area (Å²) in [7, 11) is 0. The normalized spacial score (nSPS) is 13.7. The fourth-order valence-corrected chi connectivity index (χ4v) is 3.11. The van der Waals surface area contributed by atoms with Crippen LogP contribution in [0.1, 0.15) is 15.9 Å². The summed E-state index contributed by atoms with van der Waals surface area (Å²) in [6.45, 7) is 2.39. The number of carbonyl (C=O) groups excluding carboxylic acids is 2. The van der Waals surface area contributed by atoms with Crippen molar-refractivity contribution >= 4 is 17.6 Å². The molecule has 27 heavy (non-hydrogen) atoms. The molecule has 6 nitrogen and oxygen atoms in total. The van der Waals surface area contributed by atoms with Gasteiger partial charge in [-0.2, -0.15) is 5.26 Å². The van der Waals surface area contributed by atoms with E-state index in [-0.39, 0.29) is 18.9 Å². The van der Waals surface area contributed by atoms with Gasteiger partial charge in [-0.1, -0.05) is 36.4 Å². The molecule has 0 aromatic heterocycles. The van der Waals surface area contributed by atoms with Gasteiger partial charge in [0.25, 0.3) is 5.91 Å². The first-order chi connectivity index (χ1) is 13.2. The molecule has 0 radical (unpaired) electrons. The van der Waals surface area contributed by atoms with Crippen LogP contribution in [0.4, 0.5) is 5.69 Å². The second kappa shape index (κ2) is 8.86. The highest BCUT2D eigenvalue weighted by molar-refractivity contribution is 5.92. The number of esters is 1. The Labute approximate surface area is 158 Å². The summed E-state index contributed by atoms with van der Waals surface area (Å²) in [4.78, 5) is 28.6. The number of hydrogen-bond donors (Lipinski definition) is 0. The van der Waals surface area contributed by atoms with Crippen LogP contribution in [0.2, 0.25) is 0 Å². The maximum Gasteiger partial charge on any atom is 0.338 e. The van der Waals surface area contributed by atoms with Gasteiger partial charge in [0.2, 0.25) is 0 Å². The molecule has 1 fully saturated rings. The molecule has 1 aliphatic rings. The average Bonchev–Trinajstić information content (AvgIpc) is 2.73. The quantitative estimate of drug-likeness (QED) is 0.762. The van der Waals surface area contributed by atoms with E-state index < -0.39 is 5.97 Å². The fraction of sp³-hybridized carbons (Fsp3) is 0.286. The summed E-state index contributed by atoms with van der Waals surface area (Å²) in [6.07, 6.45) is 0.126. The molecular weight excluding hydrogens is 342 g/mol. The molecule has 0 aliphatic carbocycles. The molecule has 1 amide bonds.